The van der Waals surface area contributed by atoms with Crippen molar-refractivity contribution >= 4 is 34.6 Å². The van der Waals surface area contributed by atoms with Crippen LogP contribution in [0.2, 0.25) is 10.0 Å². The van der Waals surface area contributed by atoms with E-state index < -0.39 is 0 Å². The molecule has 0 spiro atoms. The third-order valence-corrected chi connectivity index (χ3v) is 4.26. The second-order valence-electron chi connectivity index (χ2n) is 5.45. The van der Waals surface area contributed by atoms with Gasteiger partial charge in [-0.1, -0.05) is 35.3 Å². The van der Waals surface area contributed by atoms with Crippen LogP contribution in [0.1, 0.15) is 29.9 Å². The van der Waals surface area contributed by atoms with Gasteiger partial charge in [0.2, 0.25) is 0 Å². The first-order chi connectivity index (χ1) is 10.5. The van der Waals surface area contributed by atoms with Crippen molar-refractivity contribution in [2.24, 2.45) is 0 Å². The lowest BCUT2D eigenvalue weighted by Gasteiger charge is -2.23. The molecular formula is C18H13Cl2FO. The standard InChI is InChI=1S/C18H13Cl2FO/c19-15-6-14(7-16(20)10-15)13-5-12(8-18(22)9-13)11-1-3-17(21)4-2-11/h1-4,6-7,9-10,12H,5,8H2/t12-/m1/s1. The zero-order valence-electron chi connectivity index (χ0n) is 11.7. The van der Waals surface area contributed by atoms with Gasteiger partial charge in [0.15, 0.2) is 5.78 Å². The summed E-state index contributed by atoms with van der Waals surface area (Å²) in [6.07, 6.45) is 2.79. The molecule has 1 aliphatic rings. The van der Waals surface area contributed by atoms with Crippen LogP contribution in [0.3, 0.4) is 0 Å². The van der Waals surface area contributed by atoms with Gasteiger partial charge >= 0.3 is 0 Å². The number of benzene rings is 2. The van der Waals surface area contributed by atoms with Crippen LogP contribution in [-0.4, -0.2) is 5.78 Å². The fourth-order valence-electron chi connectivity index (χ4n) is 2.80. The van der Waals surface area contributed by atoms with Crippen molar-refractivity contribution in [3.8, 4) is 0 Å². The van der Waals surface area contributed by atoms with E-state index in [2.05, 4.69) is 0 Å². The van der Waals surface area contributed by atoms with Crippen LogP contribution in [0.25, 0.3) is 5.57 Å². The molecule has 2 aromatic carbocycles. The molecular weight excluding hydrogens is 322 g/mol. The molecule has 0 aromatic heterocycles. The summed E-state index contributed by atoms with van der Waals surface area (Å²) in [5.74, 6) is -0.166. The molecule has 3 rings (SSSR count). The lowest BCUT2D eigenvalue weighted by molar-refractivity contribution is -0.115. The Kier molecular flexibility index (Phi) is 4.32. The second kappa shape index (κ2) is 6.23. The van der Waals surface area contributed by atoms with E-state index >= 15 is 0 Å². The van der Waals surface area contributed by atoms with E-state index in [1.54, 1.807) is 36.4 Å². The van der Waals surface area contributed by atoms with E-state index in [0.29, 0.717) is 22.9 Å². The SMILES string of the molecule is O=C1C=C(c2cc(Cl)cc(Cl)c2)C[C@@H](c2ccc(F)cc2)C1. The molecule has 0 radical (unpaired) electrons. The molecule has 0 fully saturated rings. The van der Waals surface area contributed by atoms with E-state index in [0.717, 1.165) is 16.7 Å². The highest BCUT2D eigenvalue weighted by Gasteiger charge is 2.23. The molecule has 1 nitrogen and oxygen atoms in total. The van der Waals surface area contributed by atoms with Gasteiger partial charge in [-0.25, -0.2) is 4.39 Å². The molecule has 2 aromatic rings. The van der Waals surface area contributed by atoms with Crippen molar-refractivity contribution in [1.29, 1.82) is 0 Å². The molecule has 22 heavy (non-hydrogen) atoms. The molecule has 4 heteroatoms. The average Bonchev–Trinajstić information content (AvgIpc) is 2.46. The third kappa shape index (κ3) is 3.40. The van der Waals surface area contributed by atoms with Gasteiger partial charge in [-0.05, 0) is 65.4 Å². The molecule has 0 aliphatic heterocycles. The number of hydrogen-bond acceptors (Lipinski definition) is 1. The highest BCUT2D eigenvalue weighted by molar-refractivity contribution is 6.34. The molecule has 0 amide bonds. The molecule has 0 bridgehead atoms. The van der Waals surface area contributed by atoms with E-state index in [1.165, 1.54) is 12.1 Å². The lowest BCUT2D eigenvalue weighted by atomic mass is 9.81. The summed E-state index contributed by atoms with van der Waals surface area (Å²) in [7, 11) is 0. The number of carbonyl (C=O) groups is 1. The zero-order chi connectivity index (χ0) is 15.7. The van der Waals surface area contributed by atoms with Crippen molar-refractivity contribution in [2.45, 2.75) is 18.8 Å². The fraction of sp³-hybridized carbons (Fsp3) is 0.167. The topological polar surface area (TPSA) is 17.1 Å². The summed E-state index contributed by atoms with van der Waals surface area (Å²) < 4.78 is 13.1. The van der Waals surface area contributed by atoms with Gasteiger partial charge in [0.05, 0.1) is 0 Å². The Labute approximate surface area is 138 Å². The van der Waals surface area contributed by atoms with Gasteiger partial charge < -0.3 is 0 Å². The molecule has 0 N–H and O–H groups in total. The Morgan fingerprint density at radius 2 is 1.59 bits per heavy atom. The van der Waals surface area contributed by atoms with E-state index in [-0.39, 0.29) is 17.5 Å². The maximum absolute atomic E-state index is 13.1. The summed E-state index contributed by atoms with van der Waals surface area (Å²) >= 11 is 12.1. The molecule has 1 atom stereocenters. The summed E-state index contributed by atoms with van der Waals surface area (Å²) in [4.78, 5) is 12.1. The second-order valence-corrected chi connectivity index (χ2v) is 6.32. The zero-order valence-corrected chi connectivity index (χ0v) is 13.2. The summed E-state index contributed by atoms with van der Waals surface area (Å²) in [6, 6.07) is 11.6. The molecule has 0 saturated heterocycles. The summed E-state index contributed by atoms with van der Waals surface area (Å²) in [5.41, 5.74) is 2.74. The van der Waals surface area contributed by atoms with Crippen molar-refractivity contribution in [3.05, 3.63) is 75.5 Å². The van der Waals surface area contributed by atoms with Gasteiger partial charge in [-0.2, -0.15) is 0 Å². The fourth-order valence-corrected chi connectivity index (χ4v) is 3.33. The highest BCUT2D eigenvalue weighted by atomic mass is 35.5. The number of carbonyl (C=O) groups excluding carboxylic acids is 1. The Morgan fingerprint density at radius 3 is 2.23 bits per heavy atom. The molecule has 0 heterocycles. The average molecular weight is 335 g/mol. The predicted molar refractivity (Wildman–Crippen MR) is 87.8 cm³/mol. The van der Waals surface area contributed by atoms with Crippen molar-refractivity contribution in [3.63, 3.8) is 0 Å². The number of hydrogen-bond donors (Lipinski definition) is 0. The van der Waals surface area contributed by atoms with Crippen LogP contribution < -0.4 is 0 Å². The minimum atomic E-state index is -0.275. The van der Waals surface area contributed by atoms with Crippen LogP contribution >= 0.6 is 23.2 Å². The third-order valence-electron chi connectivity index (χ3n) is 3.82. The number of allylic oxidation sites excluding steroid dienone is 2. The van der Waals surface area contributed by atoms with Gasteiger partial charge in [0, 0.05) is 16.5 Å². The van der Waals surface area contributed by atoms with Crippen LogP contribution in [-0.2, 0) is 4.79 Å². The van der Waals surface area contributed by atoms with Crippen molar-refractivity contribution < 1.29 is 9.18 Å². The maximum atomic E-state index is 13.1. The van der Waals surface area contributed by atoms with Gasteiger partial charge in [-0.3, -0.25) is 4.79 Å². The Morgan fingerprint density at radius 1 is 0.955 bits per heavy atom. The van der Waals surface area contributed by atoms with Gasteiger partial charge in [0.1, 0.15) is 5.82 Å². The van der Waals surface area contributed by atoms with Crippen LogP contribution in [0.5, 0.6) is 0 Å². The predicted octanol–water partition coefficient (Wildman–Crippen LogP) is 5.66. The summed E-state index contributed by atoms with van der Waals surface area (Å²) in [6.45, 7) is 0. The largest absolute Gasteiger partial charge is 0.295 e. The molecule has 0 saturated carbocycles. The summed E-state index contributed by atoms with van der Waals surface area (Å²) in [5, 5.41) is 1.08. The first-order valence-electron chi connectivity index (χ1n) is 6.96. The Hall–Kier alpha value is -1.64. The maximum Gasteiger partial charge on any atom is 0.156 e. The number of rotatable bonds is 2. The highest BCUT2D eigenvalue weighted by Crippen LogP contribution is 2.37. The van der Waals surface area contributed by atoms with Crippen molar-refractivity contribution in [1.82, 2.24) is 0 Å². The lowest BCUT2D eigenvalue weighted by Crippen LogP contribution is -2.12. The first kappa shape index (κ1) is 15.3. The van der Waals surface area contributed by atoms with E-state index in [1.807, 2.05) is 0 Å². The molecule has 0 unspecified atom stereocenters. The number of ketones is 1. The first-order valence-corrected chi connectivity index (χ1v) is 7.72. The Bertz CT molecular complexity index is 730. The minimum absolute atomic E-state index is 0.0471. The van der Waals surface area contributed by atoms with E-state index in [9.17, 15) is 9.18 Å². The van der Waals surface area contributed by atoms with Gasteiger partial charge in [0.25, 0.3) is 0 Å². The van der Waals surface area contributed by atoms with Crippen molar-refractivity contribution in [2.75, 3.05) is 0 Å². The Balaban J connectivity index is 1.92. The van der Waals surface area contributed by atoms with E-state index in [4.69, 9.17) is 23.2 Å². The normalized spacial score (nSPS) is 18.2. The number of halogens is 3. The molecule has 1 aliphatic carbocycles. The van der Waals surface area contributed by atoms with Gasteiger partial charge in [-0.15, -0.1) is 0 Å². The minimum Gasteiger partial charge on any atom is -0.295 e. The quantitative estimate of drug-likeness (QED) is 0.692. The van der Waals surface area contributed by atoms with Crippen LogP contribution in [0.4, 0.5) is 4.39 Å². The molecule has 112 valence electrons. The van der Waals surface area contributed by atoms with Crippen LogP contribution in [0.15, 0.2) is 48.5 Å². The monoisotopic (exact) mass is 334 g/mol. The van der Waals surface area contributed by atoms with Crippen LogP contribution in [0, 0.1) is 5.82 Å². The smallest absolute Gasteiger partial charge is 0.156 e.